The summed E-state index contributed by atoms with van der Waals surface area (Å²) in [5, 5.41) is 18.1. The highest BCUT2D eigenvalue weighted by Crippen LogP contribution is 2.35. The van der Waals surface area contributed by atoms with Gasteiger partial charge in [0.1, 0.15) is 10.1 Å². The molecule has 0 atom stereocenters. The van der Waals surface area contributed by atoms with Crippen LogP contribution in [0.25, 0.3) is 15.7 Å². The summed E-state index contributed by atoms with van der Waals surface area (Å²) in [4.78, 5) is 2.71. The number of fused-ring (bicyclic) bond motifs is 1. The maximum absolute atomic E-state index is 11.2. The van der Waals surface area contributed by atoms with E-state index in [1.54, 1.807) is 18.2 Å². The molecule has 7 nitrogen and oxygen atoms in total. The summed E-state index contributed by atoms with van der Waals surface area (Å²) in [6.45, 7) is 0. The Morgan fingerprint density at radius 2 is 1.67 bits per heavy atom. The van der Waals surface area contributed by atoms with E-state index in [0.717, 1.165) is 6.07 Å². The quantitative estimate of drug-likeness (QED) is 0.393. The molecule has 8 heteroatoms. The van der Waals surface area contributed by atoms with Gasteiger partial charge in [0.25, 0.3) is 0 Å². The van der Waals surface area contributed by atoms with Gasteiger partial charge in [0, 0.05) is 11.5 Å². The molecule has 118 valence electrons. The van der Waals surface area contributed by atoms with Crippen molar-refractivity contribution in [2.75, 3.05) is 0 Å². The van der Waals surface area contributed by atoms with Gasteiger partial charge in [-0.2, -0.15) is 5.11 Å². The van der Waals surface area contributed by atoms with Gasteiger partial charge in [-0.25, -0.2) is 8.42 Å². The zero-order valence-corrected chi connectivity index (χ0v) is 13.0. The van der Waals surface area contributed by atoms with Crippen LogP contribution in [0.4, 0.5) is 17.1 Å². The van der Waals surface area contributed by atoms with Gasteiger partial charge in [0.05, 0.1) is 21.7 Å². The predicted molar refractivity (Wildman–Crippen MR) is 87.3 cm³/mol. The zero-order valence-electron chi connectivity index (χ0n) is 12.2. The summed E-state index contributed by atoms with van der Waals surface area (Å²) in [7, 11) is -4.61. The second kappa shape index (κ2) is 6.16. The minimum absolute atomic E-state index is 0.133. The average molecular weight is 338 g/mol. The van der Waals surface area contributed by atoms with E-state index in [-0.39, 0.29) is 5.69 Å². The molecule has 0 unspecified atom stereocenters. The van der Waals surface area contributed by atoms with Crippen molar-refractivity contribution in [3.8, 4) is 0 Å². The van der Waals surface area contributed by atoms with Crippen LogP contribution >= 0.6 is 0 Å². The van der Waals surface area contributed by atoms with Crippen LogP contribution in [0.5, 0.6) is 0 Å². The minimum atomic E-state index is -4.61. The van der Waals surface area contributed by atoms with Gasteiger partial charge in [-0.1, -0.05) is 24.3 Å². The second-order valence-corrected chi connectivity index (χ2v) is 6.28. The van der Waals surface area contributed by atoms with Gasteiger partial charge in [-0.15, -0.1) is 5.11 Å². The lowest BCUT2D eigenvalue weighted by atomic mass is 10.1. The van der Waals surface area contributed by atoms with Crippen molar-refractivity contribution in [1.82, 2.24) is 0 Å². The summed E-state index contributed by atoms with van der Waals surface area (Å²) in [6, 6.07) is 15.9. The Morgan fingerprint density at radius 1 is 0.917 bits per heavy atom. The molecule has 0 aliphatic heterocycles. The first-order valence-corrected chi connectivity index (χ1v) is 8.24. The molecular weight excluding hydrogens is 328 g/mol. The number of hydrogen-bond acceptors (Lipinski definition) is 6. The van der Waals surface area contributed by atoms with Crippen molar-refractivity contribution in [2.45, 2.75) is 4.90 Å². The molecule has 0 bridgehead atoms. The van der Waals surface area contributed by atoms with E-state index >= 15 is 0 Å². The van der Waals surface area contributed by atoms with Crippen LogP contribution in [-0.2, 0) is 10.1 Å². The van der Waals surface area contributed by atoms with Crippen molar-refractivity contribution < 1.29 is 13.0 Å². The normalized spacial score (nSPS) is 11.7. The van der Waals surface area contributed by atoms with E-state index in [1.165, 1.54) is 18.2 Å². The molecule has 0 amide bonds. The second-order valence-electron chi connectivity index (χ2n) is 4.90. The van der Waals surface area contributed by atoms with Crippen molar-refractivity contribution in [3.05, 3.63) is 65.6 Å². The molecule has 0 aliphatic rings. The Bertz CT molecular complexity index is 1090. The monoisotopic (exact) mass is 338 g/mol. The molecule has 0 aliphatic carbocycles. The Kier molecular flexibility index (Phi) is 4.04. The van der Waals surface area contributed by atoms with Gasteiger partial charge in [-0.05, 0) is 30.3 Å². The first-order chi connectivity index (χ1) is 11.5. The van der Waals surface area contributed by atoms with Crippen LogP contribution in [0.1, 0.15) is 0 Å². The van der Waals surface area contributed by atoms with E-state index < -0.39 is 15.0 Å². The molecular formula is C16H10N4O3S. The van der Waals surface area contributed by atoms with Crippen LogP contribution in [0.15, 0.2) is 75.8 Å². The van der Waals surface area contributed by atoms with Crippen LogP contribution in [0.3, 0.4) is 0 Å². The van der Waals surface area contributed by atoms with E-state index in [0.29, 0.717) is 22.1 Å². The molecule has 0 fully saturated rings. The molecule has 3 aromatic rings. The number of diazo groups is 1. The van der Waals surface area contributed by atoms with Crippen LogP contribution in [0, 0.1) is 5.39 Å². The van der Waals surface area contributed by atoms with Crippen molar-refractivity contribution >= 4 is 38.0 Å². The lowest BCUT2D eigenvalue weighted by Crippen LogP contribution is -1.97. The molecule has 3 aromatic carbocycles. The third-order valence-corrected chi connectivity index (χ3v) is 4.20. The van der Waals surface area contributed by atoms with E-state index in [2.05, 4.69) is 15.2 Å². The summed E-state index contributed by atoms with van der Waals surface area (Å²) in [5.74, 6) is 0. The number of hydrogen-bond donors (Lipinski definition) is 0. The maximum Gasteiger partial charge on any atom is 0.392 e. The summed E-state index contributed by atoms with van der Waals surface area (Å²) < 4.78 is 33.5. The molecule has 24 heavy (non-hydrogen) atoms. The van der Waals surface area contributed by atoms with Crippen molar-refractivity contribution in [3.63, 3.8) is 0 Å². The van der Waals surface area contributed by atoms with Crippen molar-refractivity contribution in [2.24, 2.45) is 10.2 Å². The minimum Gasteiger partial charge on any atom is -0.744 e. The first-order valence-electron chi connectivity index (χ1n) is 6.83. The predicted octanol–water partition coefficient (Wildman–Crippen LogP) is 4.64. The molecule has 0 saturated carbocycles. The fraction of sp³-hybridized carbons (Fsp3) is 0. The summed E-state index contributed by atoms with van der Waals surface area (Å²) >= 11 is 0. The maximum atomic E-state index is 11.2. The molecule has 0 spiro atoms. The van der Waals surface area contributed by atoms with Crippen LogP contribution in [0.2, 0.25) is 0 Å². The Balaban J connectivity index is 2.17. The fourth-order valence-corrected chi connectivity index (χ4v) is 2.73. The Hall–Kier alpha value is -3.15. The standard InChI is InChI=1S/C16H10N4O3S/c17-18-15-8-9-16(20-19-11-4-2-1-3-5-11)13-7-6-12(10-14(13)15)24(21,22)23/h1-10H. The molecule has 0 heterocycles. The highest BCUT2D eigenvalue weighted by Gasteiger charge is 2.16. The van der Waals surface area contributed by atoms with E-state index in [1.807, 2.05) is 18.2 Å². The molecule has 3 rings (SSSR count). The molecule has 0 N–H and O–H groups in total. The smallest absolute Gasteiger partial charge is 0.392 e. The number of rotatable bonds is 3. The molecule has 0 radical (unpaired) electrons. The number of benzene rings is 3. The zero-order chi connectivity index (χ0) is 17.2. The molecule has 0 aromatic heterocycles. The Morgan fingerprint density at radius 3 is 2.33 bits per heavy atom. The lowest BCUT2D eigenvalue weighted by Gasteiger charge is -2.07. The van der Waals surface area contributed by atoms with Gasteiger partial charge in [-0.3, -0.25) is 0 Å². The summed E-state index contributed by atoms with van der Waals surface area (Å²) in [6.07, 6.45) is 0. The molecule has 0 saturated heterocycles. The number of azo groups is 1. The van der Waals surface area contributed by atoms with Gasteiger partial charge >= 0.3 is 5.69 Å². The fourth-order valence-electron chi connectivity index (χ4n) is 2.23. The summed E-state index contributed by atoms with van der Waals surface area (Å²) in [5.41, 5.74) is 1.24. The van der Waals surface area contributed by atoms with Crippen molar-refractivity contribution in [1.29, 1.82) is 5.39 Å². The highest BCUT2D eigenvalue weighted by molar-refractivity contribution is 7.85. The third-order valence-electron chi connectivity index (χ3n) is 3.37. The van der Waals surface area contributed by atoms with E-state index in [4.69, 9.17) is 5.39 Å². The van der Waals surface area contributed by atoms with Crippen LogP contribution < -0.4 is 0 Å². The SMILES string of the molecule is N#[N+]c1ccc(N=Nc2ccccc2)c2ccc(S(=O)(=O)[O-])cc12. The van der Waals surface area contributed by atoms with Crippen LogP contribution in [-0.4, -0.2) is 13.0 Å². The third kappa shape index (κ3) is 3.12. The highest BCUT2D eigenvalue weighted by atomic mass is 32.2. The Labute approximate surface area is 137 Å². The largest absolute Gasteiger partial charge is 0.744 e. The van der Waals surface area contributed by atoms with Gasteiger partial charge < -0.3 is 4.55 Å². The van der Waals surface area contributed by atoms with Gasteiger partial charge in [0.15, 0.2) is 4.98 Å². The lowest BCUT2D eigenvalue weighted by molar-refractivity contribution is 0.463. The first kappa shape index (κ1) is 15.7. The van der Waals surface area contributed by atoms with E-state index in [9.17, 15) is 13.0 Å². The average Bonchev–Trinajstić information content (AvgIpc) is 2.59. The topological polar surface area (TPSA) is 110 Å². The van der Waals surface area contributed by atoms with Gasteiger partial charge in [0.2, 0.25) is 5.39 Å². The number of nitrogens with zero attached hydrogens (tertiary/aromatic N) is 4.